The summed E-state index contributed by atoms with van der Waals surface area (Å²) in [6, 6.07) is 4.39. The smallest absolute Gasteiger partial charge is 0.0624 e. The second-order valence-corrected chi connectivity index (χ2v) is 3.91. The number of hydrogen-bond donors (Lipinski definition) is 0. The standard InChI is InChI=1S/C12H20N2/c1-3-12(11(2)8-10-14)7-5-4-6-9-13/h11-12H,3-8H2,1-2H3. The highest BCUT2D eigenvalue weighted by molar-refractivity contribution is 4.78. The van der Waals surface area contributed by atoms with E-state index < -0.39 is 0 Å². The molecule has 0 rings (SSSR count). The molecule has 2 atom stereocenters. The summed E-state index contributed by atoms with van der Waals surface area (Å²) >= 11 is 0. The number of nitrogens with zero attached hydrogens (tertiary/aromatic N) is 2. The SMILES string of the molecule is CCC(CCCCC#N)C(C)CC#N. The van der Waals surface area contributed by atoms with Gasteiger partial charge in [-0.05, 0) is 18.3 Å². The van der Waals surface area contributed by atoms with Crippen LogP contribution in [0.15, 0.2) is 0 Å². The highest BCUT2D eigenvalue weighted by Gasteiger charge is 2.14. The van der Waals surface area contributed by atoms with Gasteiger partial charge in [0.25, 0.3) is 0 Å². The Morgan fingerprint density at radius 2 is 1.86 bits per heavy atom. The third-order valence-corrected chi connectivity index (χ3v) is 2.86. The molecule has 0 bridgehead atoms. The first-order valence-corrected chi connectivity index (χ1v) is 5.50. The fourth-order valence-corrected chi connectivity index (χ4v) is 1.81. The van der Waals surface area contributed by atoms with Crippen molar-refractivity contribution in [2.45, 2.75) is 52.4 Å². The Labute approximate surface area is 87.5 Å². The van der Waals surface area contributed by atoms with Crippen LogP contribution >= 0.6 is 0 Å². The molecule has 0 spiro atoms. The molecule has 2 heteroatoms. The molecule has 0 saturated heterocycles. The lowest BCUT2D eigenvalue weighted by atomic mass is 9.85. The summed E-state index contributed by atoms with van der Waals surface area (Å²) in [4.78, 5) is 0. The van der Waals surface area contributed by atoms with Crippen molar-refractivity contribution in [3.05, 3.63) is 0 Å². The van der Waals surface area contributed by atoms with Gasteiger partial charge in [0.2, 0.25) is 0 Å². The van der Waals surface area contributed by atoms with E-state index in [1.165, 1.54) is 6.42 Å². The van der Waals surface area contributed by atoms with Gasteiger partial charge in [-0.2, -0.15) is 10.5 Å². The second-order valence-electron chi connectivity index (χ2n) is 3.91. The van der Waals surface area contributed by atoms with Crippen molar-refractivity contribution in [2.75, 3.05) is 0 Å². The Morgan fingerprint density at radius 3 is 2.36 bits per heavy atom. The van der Waals surface area contributed by atoms with E-state index in [1.54, 1.807) is 0 Å². The molecule has 0 aliphatic rings. The quantitative estimate of drug-likeness (QED) is 0.578. The summed E-state index contributed by atoms with van der Waals surface area (Å²) in [5.41, 5.74) is 0. The predicted octanol–water partition coefficient (Wildman–Crippen LogP) is 3.65. The molecule has 0 aromatic rings. The van der Waals surface area contributed by atoms with E-state index in [0.29, 0.717) is 24.7 Å². The zero-order valence-corrected chi connectivity index (χ0v) is 9.29. The number of hydrogen-bond acceptors (Lipinski definition) is 2. The van der Waals surface area contributed by atoms with Crippen molar-refractivity contribution in [2.24, 2.45) is 11.8 Å². The minimum absolute atomic E-state index is 0.507. The largest absolute Gasteiger partial charge is 0.198 e. The highest BCUT2D eigenvalue weighted by atomic mass is 14.3. The summed E-state index contributed by atoms with van der Waals surface area (Å²) in [5, 5.41) is 17.0. The Hall–Kier alpha value is -1.02. The molecule has 0 fully saturated rings. The van der Waals surface area contributed by atoms with E-state index >= 15 is 0 Å². The molecule has 0 aromatic heterocycles. The molecule has 0 radical (unpaired) electrons. The van der Waals surface area contributed by atoms with Gasteiger partial charge in [0.05, 0.1) is 12.1 Å². The van der Waals surface area contributed by atoms with Crippen LogP contribution in [0.3, 0.4) is 0 Å². The Balaban J connectivity index is 3.69. The molecule has 0 aliphatic heterocycles. The lowest BCUT2D eigenvalue weighted by molar-refractivity contribution is 0.321. The minimum atomic E-state index is 0.507. The average Bonchev–Trinajstić information content (AvgIpc) is 2.18. The van der Waals surface area contributed by atoms with Gasteiger partial charge in [0.15, 0.2) is 0 Å². The van der Waals surface area contributed by atoms with E-state index in [4.69, 9.17) is 10.5 Å². The lowest BCUT2D eigenvalue weighted by Crippen LogP contribution is -2.10. The molecule has 0 heterocycles. The molecule has 0 amide bonds. The Morgan fingerprint density at radius 1 is 1.14 bits per heavy atom. The first kappa shape index (κ1) is 13.0. The fourth-order valence-electron chi connectivity index (χ4n) is 1.81. The molecule has 2 nitrogen and oxygen atoms in total. The van der Waals surface area contributed by atoms with Crippen LogP contribution in [0.4, 0.5) is 0 Å². The normalized spacial score (nSPS) is 14.0. The van der Waals surface area contributed by atoms with Gasteiger partial charge in [-0.3, -0.25) is 0 Å². The molecule has 78 valence electrons. The summed E-state index contributed by atoms with van der Waals surface area (Å²) in [6.45, 7) is 4.34. The van der Waals surface area contributed by atoms with Gasteiger partial charge < -0.3 is 0 Å². The van der Waals surface area contributed by atoms with Crippen LogP contribution in [0.1, 0.15) is 52.4 Å². The maximum absolute atomic E-state index is 8.60. The van der Waals surface area contributed by atoms with Crippen molar-refractivity contribution in [1.29, 1.82) is 10.5 Å². The maximum Gasteiger partial charge on any atom is 0.0624 e. The van der Waals surface area contributed by atoms with Gasteiger partial charge in [-0.15, -0.1) is 0 Å². The third kappa shape index (κ3) is 5.60. The van der Waals surface area contributed by atoms with Crippen LogP contribution in [0.25, 0.3) is 0 Å². The van der Waals surface area contributed by atoms with Crippen LogP contribution in [0.5, 0.6) is 0 Å². The van der Waals surface area contributed by atoms with Crippen molar-refractivity contribution >= 4 is 0 Å². The van der Waals surface area contributed by atoms with E-state index in [2.05, 4.69) is 26.0 Å². The average molecular weight is 192 g/mol. The molecule has 0 aromatic carbocycles. The third-order valence-electron chi connectivity index (χ3n) is 2.86. The van der Waals surface area contributed by atoms with Gasteiger partial charge in [-0.1, -0.05) is 33.1 Å². The van der Waals surface area contributed by atoms with Gasteiger partial charge >= 0.3 is 0 Å². The van der Waals surface area contributed by atoms with E-state index in [0.717, 1.165) is 19.3 Å². The first-order chi connectivity index (χ1) is 6.76. The molecule has 14 heavy (non-hydrogen) atoms. The van der Waals surface area contributed by atoms with Crippen LogP contribution < -0.4 is 0 Å². The van der Waals surface area contributed by atoms with Crippen LogP contribution in [0.2, 0.25) is 0 Å². The molecule has 2 unspecified atom stereocenters. The molecule has 0 saturated carbocycles. The first-order valence-electron chi connectivity index (χ1n) is 5.50. The maximum atomic E-state index is 8.60. The topological polar surface area (TPSA) is 47.6 Å². The minimum Gasteiger partial charge on any atom is -0.198 e. The van der Waals surface area contributed by atoms with Crippen LogP contribution in [-0.4, -0.2) is 0 Å². The van der Waals surface area contributed by atoms with Crippen molar-refractivity contribution < 1.29 is 0 Å². The van der Waals surface area contributed by atoms with Crippen molar-refractivity contribution in [1.82, 2.24) is 0 Å². The zero-order chi connectivity index (χ0) is 10.8. The second kappa shape index (κ2) is 8.57. The van der Waals surface area contributed by atoms with Crippen LogP contribution in [-0.2, 0) is 0 Å². The van der Waals surface area contributed by atoms with Gasteiger partial charge in [0, 0.05) is 12.8 Å². The predicted molar refractivity (Wildman–Crippen MR) is 57.3 cm³/mol. The number of unbranched alkanes of at least 4 members (excludes halogenated alkanes) is 2. The van der Waals surface area contributed by atoms with Gasteiger partial charge in [0.1, 0.15) is 0 Å². The van der Waals surface area contributed by atoms with Crippen LogP contribution in [0, 0.1) is 34.5 Å². The fraction of sp³-hybridized carbons (Fsp3) is 0.833. The monoisotopic (exact) mass is 192 g/mol. The van der Waals surface area contributed by atoms with E-state index in [1.807, 2.05) is 0 Å². The molecular weight excluding hydrogens is 172 g/mol. The Bertz CT molecular complexity index is 209. The highest BCUT2D eigenvalue weighted by Crippen LogP contribution is 2.24. The molecule has 0 aliphatic carbocycles. The van der Waals surface area contributed by atoms with E-state index in [-0.39, 0.29) is 0 Å². The van der Waals surface area contributed by atoms with E-state index in [9.17, 15) is 0 Å². The molecule has 0 N–H and O–H groups in total. The summed E-state index contributed by atoms with van der Waals surface area (Å²) < 4.78 is 0. The van der Waals surface area contributed by atoms with Crippen molar-refractivity contribution in [3.63, 3.8) is 0 Å². The summed E-state index contributed by atoms with van der Waals surface area (Å²) in [6.07, 6.45) is 5.78. The van der Waals surface area contributed by atoms with Crippen molar-refractivity contribution in [3.8, 4) is 12.1 Å². The number of nitriles is 2. The lowest BCUT2D eigenvalue weighted by Gasteiger charge is -2.19. The zero-order valence-electron chi connectivity index (χ0n) is 9.29. The molecular formula is C12H20N2. The Kier molecular flexibility index (Phi) is 7.95. The summed E-state index contributed by atoms with van der Waals surface area (Å²) in [7, 11) is 0. The van der Waals surface area contributed by atoms with Gasteiger partial charge in [-0.25, -0.2) is 0 Å². The number of rotatable bonds is 7. The summed E-state index contributed by atoms with van der Waals surface area (Å²) in [5.74, 6) is 1.17.